The van der Waals surface area contributed by atoms with E-state index in [1.807, 2.05) is 6.07 Å². The summed E-state index contributed by atoms with van der Waals surface area (Å²) >= 11 is 5.80. The van der Waals surface area contributed by atoms with E-state index in [0.717, 1.165) is 5.56 Å². The highest BCUT2D eigenvalue weighted by molar-refractivity contribution is 6.30. The molecule has 0 saturated heterocycles. The molecule has 4 nitrogen and oxygen atoms in total. The fourth-order valence-corrected chi connectivity index (χ4v) is 1.88. The molecule has 0 aliphatic rings. The van der Waals surface area contributed by atoms with Crippen molar-refractivity contribution in [1.82, 2.24) is 4.57 Å². The number of nitriles is 1. The summed E-state index contributed by atoms with van der Waals surface area (Å²) in [6.07, 6.45) is 1.64. The van der Waals surface area contributed by atoms with Gasteiger partial charge in [-0.2, -0.15) is 5.26 Å². The molecular weight excluding hydrogens is 264 g/mol. The van der Waals surface area contributed by atoms with Crippen molar-refractivity contribution >= 4 is 17.6 Å². The van der Waals surface area contributed by atoms with Crippen LogP contribution in [0, 0.1) is 11.3 Å². The minimum atomic E-state index is -0.432. The number of nitrogens with zero attached hydrogens (tertiary/aromatic N) is 2. The molecule has 0 bridgehead atoms. The van der Waals surface area contributed by atoms with Crippen LogP contribution in [0.5, 0.6) is 0 Å². The molecule has 0 unspecified atom stereocenters. The molecule has 0 fully saturated rings. The Kier molecular flexibility index (Phi) is 3.88. The Bertz CT molecular complexity index is 638. The number of esters is 1. The molecule has 5 heteroatoms. The van der Waals surface area contributed by atoms with Crippen molar-refractivity contribution in [3.63, 3.8) is 0 Å². The minimum absolute atomic E-state index is 0.160. The third-order valence-corrected chi connectivity index (χ3v) is 2.84. The predicted octanol–water partition coefficient (Wildman–Crippen LogP) is 2.91. The maximum absolute atomic E-state index is 11.8. The van der Waals surface area contributed by atoms with Crippen molar-refractivity contribution in [1.29, 1.82) is 5.26 Å². The van der Waals surface area contributed by atoms with Gasteiger partial charge in [0, 0.05) is 13.2 Å². The smallest absolute Gasteiger partial charge is 0.355 e. The van der Waals surface area contributed by atoms with Crippen molar-refractivity contribution < 1.29 is 9.53 Å². The minimum Gasteiger partial charge on any atom is -0.456 e. The number of rotatable bonds is 3. The van der Waals surface area contributed by atoms with Crippen LogP contribution in [0.4, 0.5) is 0 Å². The SMILES string of the molecule is Cn1cc(Cl)cc1C(=O)OCc1ccc(C#N)cc1. The number of aryl methyl sites for hydroxylation is 1. The summed E-state index contributed by atoms with van der Waals surface area (Å²) < 4.78 is 6.80. The fraction of sp³-hybridized carbons (Fsp3) is 0.143. The van der Waals surface area contributed by atoms with Gasteiger partial charge in [-0.25, -0.2) is 4.79 Å². The summed E-state index contributed by atoms with van der Waals surface area (Å²) in [6.45, 7) is 0.160. The van der Waals surface area contributed by atoms with E-state index in [9.17, 15) is 4.79 Å². The Balaban J connectivity index is 2.00. The molecular formula is C14H11ClN2O2. The largest absolute Gasteiger partial charge is 0.456 e. The molecule has 0 amide bonds. The first-order chi connectivity index (χ1) is 9.10. The lowest BCUT2D eigenvalue weighted by atomic mass is 10.2. The lowest BCUT2D eigenvalue weighted by molar-refractivity contribution is 0.0461. The average molecular weight is 275 g/mol. The first-order valence-electron chi connectivity index (χ1n) is 5.58. The number of ether oxygens (including phenoxy) is 1. The van der Waals surface area contributed by atoms with Gasteiger partial charge >= 0.3 is 5.97 Å². The van der Waals surface area contributed by atoms with Crippen LogP contribution in [0.15, 0.2) is 36.5 Å². The molecule has 0 aliphatic carbocycles. The summed E-state index contributed by atoms with van der Waals surface area (Å²) in [5, 5.41) is 9.17. The zero-order valence-electron chi connectivity index (χ0n) is 10.3. The Morgan fingerprint density at radius 3 is 2.63 bits per heavy atom. The van der Waals surface area contributed by atoms with E-state index in [1.165, 1.54) is 0 Å². The van der Waals surface area contributed by atoms with Crippen molar-refractivity contribution in [3.05, 3.63) is 58.4 Å². The first-order valence-corrected chi connectivity index (χ1v) is 5.96. The zero-order chi connectivity index (χ0) is 13.8. The second kappa shape index (κ2) is 5.59. The van der Waals surface area contributed by atoms with Crippen LogP contribution in [-0.2, 0) is 18.4 Å². The number of hydrogen-bond acceptors (Lipinski definition) is 3. The van der Waals surface area contributed by atoms with Gasteiger partial charge in [0.15, 0.2) is 0 Å². The number of carbonyl (C=O) groups is 1. The first kappa shape index (κ1) is 13.2. The molecule has 0 saturated carbocycles. The lowest BCUT2D eigenvalue weighted by Crippen LogP contribution is -2.09. The maximum Gasteiger partial charge on any atom is 0.355 e. The van der Waals surface area contributed by atoms with Crippen LogP contribution in [-0.4, -0.2) is 10.5 Å². The van der Waals surface area contributed by atoms with Crippen molar-refractivity contribution in [2.24, 2.45) is 7.05 Å². The van der Waals surface area contributed by atoms with Crippen LogP contribution in [0.3, 0.4) is 0 Å². The molecule has 1 heterocycles. The highest BCUT2D eigenvalue weighted by Crippen LogP contribution is 2.14. The number of halogens is 1. The van der Waals surface area contributed by atoms with Gasteiger partial charge in [-0.3, -0.25) is 0 Å². The highest BCUT2D eigenvalue weighted by Gasteiger charge is 2.12. The van der Waals surface area contributed by atoms with Gasteiger partial charge in [-0.05, 0) is 23.8 Å². The molecule has 1 aromatic carbocycles. The summed E-state index contributed by atoms with van der Waals surface area (Å²) in [5.74, 6) is -0.432. The quantitative estimate of drug-likeness (QED) is 0.809. The van der Waals surface area contributed by atoms with E-state index in [2.05, 4.69) is 0 Å². The zero-order valence-corrected chi connectivity index (χ0v) is 11.0. The summed E-state index contributed by atoms with van der Waals surface area (Å²) in [5.41, 5.74) is 1.80. The molecule has 1 aromatic heterocycles. The average Bonchev–Trinajstić information content (AvgIpc) is 2.75. The van der Waals surface area contributed by atoms with Gasteiger partial charge in [0.2, 0.25) is 0 Å². The van der Waals surface area contributed by atoms with Crippen LogP contribution in [0.1, 0.15) is 21.6 Å². The van der Waals surface area contributed by atoms with Crippen molar-refractivity contribution in [2.45, 2.75) is 6.61 Å². The molecule has 19 heavy (non-hydrogen) atoms. The molecule has 0 aliphatic heterocycles. The number of carbonyl (C=O) groups excluding carboxylic acids is 1. The monoisotopic (exact) mass is 274 g/mol. The van der Waals surface area contributed by atoms with Gasteiger partial charge in [0.05, 0.1) is 16.7 Å². The number of aromatic nitrogens is 1. The van der Waals surface area contributed by atoms with Gasteiger partial charge in [0.25, 0.3) is 0 Å². The number of hydrogen-bond donors (Lipinski definition) is 0. The van der Waals surface area contributed by atoms with Crippen LogP contribution < -0.4 is 0 Å². The Hall–Kier alpha value is -2.25. The Labute approximate surface area is 115 Å². The highest BCUT2D eigenvalue weighted by atomic mass is 35.5. The van der Waals surface area contributed by atoms with Gasteiger partial charge in [-0.1, -0.05) is 23.7 Å². The van der Waals surface area contributed by atoms with Gasteiger partial charge in [0.1, 0.15) is 12.3 Å². The molecule has 2 aromatic rings. The molecule has 0 N–H and O–H groups in total. The topological polar surface area (TPSA) is 55.0 Å². The van der Waals surface area contributed by atoms with E-state index in [1.54, 1.807) is 48.1 Å². The van der Waals surface area contributed by atoms with Crippen LogP contribution >= 0.6 is 11.6 Å². The third-order valence-electron chi connectivity index (χ3n) is 2.63. The van der Waals surface area contributed by atoms with E-state index >= 15 is 0 Å². The van der Waals surface area contributed by atoms with Crippen molar-refractivity contribution in [2.75, 3.05) is 0 Å². The van der Waals surface area contributed by atoms with Crippen LogP contribution in [0.2, 0.25) is 5.02 Å². The molecule has 96 valence electrons. The Morgan fingerprint density at radius 1 is 1.42 bits per heavy atom. The van der Waals surface area contributed by atoms with E-state index in [-0.39, 0.29) is 6.61 Å². The summed E-state index contributed by atoms with van der Waals surface area (Å²) in [6, 6.07) is 10.5. The fourth-order valence-electron chi connectivity index (χ4n) is 1.63. The second-order valence-electron chi connectivity index (χ2n) is 4.04. The molecule has 0 spiro atoms. The maximum atomic E-state index is 11.8. The van der Waals surface area contributed by atoms with Gasteiger partial charge in [-0.15, -0.1) is 0 Å². The Morgan fingerprint density at radius 2 is 2.11 bits per heavy atom. The summed E-state index contributed by atoms with van der Waals surface area (Å²) in [7, 11) is 1.73. The standard InChI is InChI=1S/C14H11ClN2O2/c1-17-8-12(15)6-13(17)14(18)19-9-11-4-2-10(7-16)3-5-11/h2-6,8H,9H2,1H3. The third kappa shape index (κ3) is 3.15. The van der Waals surface area contributed by atoms with Crippen LogP contribution in [0.25, 0.3) is 0 Å². The molecule has 0 atom stereocenters. The summed E-state index contributed by atoms with van der Waals surface area (Å²) in [4.78, 5) is 11.8. The van der Waals surface area contributed by atoms with E-state index < -0.39 is 5.97 Å². The van der Waals surface area contributed by atoms with E-state index in [0.29, 0.717) is 16.3 Å². The van der Waals surface area contributed by atoms with Crippen molar-refractivity contribution in [3.8, 4) is 6.07 Å². The lowest BCUT2D eigenvalue weighted by Gasteiger charge is -2.05. The molecule has 2 rings (SSSR count). The normalized spacial score (nSPS) is 9.95. The number of benzene rings is 1. The van der Waals surface area contributed by atoms with E-state index in [4.69, 9.17) is 21.6 Å². The second-order valence-corrected chi connectivity index (χ2v) is 4.48. The van der Waals surface area contributed by atoms with Gasteiger partial charge < -0.3 is 9.30 Å². The predicted molar refractivity (Wildman–Crippen MR) is 70.7 cm³/mol. The molecule has 0 radical (unpaired) electrons.